The molecule has 0 saturated carbocycles. The van der Waals surface area contributed by atoms with Crippen molar-refractivity contribution < 1.29 is 13.2 Å². The van der Waals surface area contributed by atoms with Gasteiger partial charge in [0.05, 0.1) is 5.56 Å². The first kappa shape index (κ1) is 18.6. The molecule has 4 heteroatoms. The van der Waals surface area contributed by atoms with Crippen LogP contribution in [-0.2, 0) is 12.6 Å². The summed E-state index contributed by atoms with van der Waals surface area (Å²) in [6.07, 6.45) is -1.27. The van der Waals surface area contributed by atoms with Gasteiger partial charge in [0.2, 0.25) is 0 Å². The molecular formula is C20H23BF3. The zero-order valence-corrected chi connectivity index (χ0v) is 14.2. The third-order valence-corrected chi connectivity index (χ3v) is 4.18. The van der Waals surface area contributed by atoms with Crippen molar-refractivity contribution in [3.8, 4) is 0 Å². The second kappa shape index (κ2) is 8.41. The van der Waals surface area contributed by atoms with Crippen molar-refractivity contribution in [3.63, 3.8) is 0 Å². The highest BCUT2D eigenvalue weighted by Crippen LogP contribution is 2.32. The third kappa shape index (κ3) is 5.43. The van der Waals surface area contributed by atoms with Crippen molar-refractivity contribution in [2.45, 2.75) is 51.5 Å². The number of rotatable bonds is 7. The van der Waals surface area contributed by atoms with Gasteiger partial charge in [0.25, 0.3) is 0 Å². The van der Waals surface area contributed by atoms with Crippen LogP contribution in [0.15, 0.2) is 48.5 Å². The van der Waals surface area contributed by atoms with Gasteiger partial charge in [-0.05, 0) is 36.0 Å². The first-order valence-corrected chi connectivity index (χ1v) is 8.46. The summed E-state index contributed by atoms with van der Waals surface area (Å²) in [6, 6.07) is 14.3. The highest BCUT2D eigenvalue weighted by atomic mass is 19.4. The van der Waals surface area contributed by atoms with Crippen LogP contribution >= 0.6 is 0 Å². The standard InChI is InChI=1S/C20H23BF3/c1-15(2)17-10-7-11-18(14-17)21-13-6-5-9-16-8-3-4-12-19(16)20(22,23)24/h3-4,7-8,10-12,14-15H,5-6,9,13H2,1-2H3. The minimum atomic E-state index is -4.26. The molecule has 0 unspecified atom stereocenters. The Hall–Kier alpha value is -1.71. The van der Waals surface area contributed by atoms with Gasteiger partial charge in [-0.25, -0.2) is 0 Å². The van der Waals surface area contributed by atoms with E-state index in [-0.39, 0.29) is 0 Å². The monoisotopic (exact) mass is 331 g/mol. The van der Waals surface area contributed by atoms with Gasteiger partial charge < -0.3 is 0 Å². The van der Waals surface area contributed by atoms with E-state index in [1.54, 1.807) is 12.1 Å². The van der Waals surface area contributed by atoms with E-state index in [9.17, 15) is 13.2 Å². The van der Waals surface area contributed by atoms with Crippen LogP contribution in [-0.4, -0.2) is 7.28 Å². The molecule has 0 aliphatic carbocycles. The first-order valence-electron chi connectivity index (χ1n) is 8.46. The second-order valence-electron chi connectivity index (χ2n) is 6.43. The molecule has 0 atom stereocenters. The number of hydrogen-bond donors (Lipinski definition) is 0. The number of benzene rings is 2. The molecule has 24 heavy (non-hydrogen) atoms. The maximum Gasteiger partial charge on any atom is 0.416 e. The molecule has 127 valence electrons. The Labute approximate surface area is 143 Å². The number of unbranched alkanes of at least 4 members (excludes halogenated alkanes) is 1. The molecule has 0 nitrogen and oxygen atoms in total. The minimum absolute atomic E-state index is 0.395. The fraction of sp³-hybridized carbons (Fsp3) is 0.400. The average molecular weight is 331 g/mol. The maximum absolute atomic E-state index is 12.9. The maximum atomic E-state index is 12.9. The minimum Gasteiger partial charge on any atom is -0.166 e. The Morgan fingerprint density at radius 1 is 0.958 bits per heavy atom. The van der Waals surface area contributed by atoms with E-state index in [0.29, 0.717) is 17.9 Å². The Balaban J connectivity index is 1.81. The summed E-state index contributed by atoms with van der Waals surface area (Å²) in [5.74, 6) is 0.497. The molecule has 2 aromatic rings. The first-order chi connectivity index (χ1) is 11.4. The Bertz CT molecular complexity index is 647. The lowest BCUT2D eigenvalue weighted by Crippen LogP contribution is -2.14. The highest BCUT2D eigenvalue weighted by molar-refractivity contribution is 6.53. The third-order valence-electron chi connectivity index (χ3n) is 4.18. The van der Waals surface area contributed by atoms with Gasteiger partial charge in [0.15, 0.2) is 7.28 Å². The van der Waals surface area contributed by atoms with E-state index >= 15 is 0 Å². The number of aryl methyl sites for hydroxylation is 1. The molecule has 0 aromatic heterocycles. The lowest BCUT2D eigenvalue weighted by Gasteiger charge is -2.12. The van der Waals surface area contributed by atoms with Crippen LogP contribution in [0.5, 0.6) is 0 Å². The van der Waals surface area contributed by atoms with E-state index in [1.165, 1.54) is 23.2 Å². The largest absolute Gasteiger partial charge is 0.416 e. The molecule has 0 fully saturated rings. The quantitative estimate of drug-likeness (QED) is 0.458. The molecule has 1 radical (unpaired) electrons. The molecule has 2 rings (SSSR count). The van der Waals surface area contributed by atoms with Crippen LogP contribution < -0.4 is 5.46 Å². The Kier molecular flexibility index (Phi) is 6.53. The lowest BCUT2D eigenvalue weighted by atomic mass is 9.65. The molecule has 0 aliphatic heterocycles. The summed E-state index contributed by atoms with van der Waals surface area (Å²) in [5.41, 5.74) is 2.39. The van der Waals surface area contributed by atoms with Gasteiger partial charge in [-0.2, -0.15) is 13.2 Å². The molecular weight excluding hydrogens is 308 g/mol. The van der Waals surface area contributed by atoms with Gasteiger partial charge >= 0.3 is 6.18 Å². The zero-order valence-electron chi connectivity index (χ0n) is 14.2. The van der Waals surface area contributed by atoms with Crippen LogP contribution in [0.3, 0.4) is 0 Å². The summed E-state index contributed by atoms with van der Waals surface area (Å²) in [5, 5.41) is 0. The van der Waals surface area contributed by atoms with E-state index in [4.69, 9.17) is 0 Å². The molecule has 0 N–H and O–H groups in total. The topological polar surface area (TPSA) is 0 Å². The van der Waals surface area contributed by atoms with Crippen molar-refractivity contribution in [3.05, 3.63) is 65.2 Å². The summed E-state index contributed by atoms with van der Waals surface area (Å²) in [7, 11) is 2.17. The van der Waals surface area contributed by atoms with E-state index < -0.39 is 11.7 Å². The van der Waals surface area contributed by atoms with Crippen LogP contribution in [0.25, 0.3) is 0 Å². The number of hydrogen-bond acceptors (Lipinski definition) is 0. The molecule has 2 aromatic carbocycles. The van der Waals surface area contributed by atoms with Gasteiger partial charge in [-0.1, -0.05) is 74.5 Å². The van der Waals surface area contributed by atoms with Crippen molar-refractivity contribution in [1.29, 1.82) is 0 Å². The van der Waals surface area contributed by atoms with Gasteiger partial charge in [0, 0.05) is 0 Å². The van der Waals surface area contributed by atoms with Crippen molar-refractivity contribution in [1.82, 2.24) is 0 Å². The summed E-state index contributed by atoms with van der Waals surface area (Å²) < 4.78 is 38.8. The van der Waals surface area contributed by atoms with E-state index in [2.05, 4.69) is 45.4 Å². The lowest BCUT2D eigenvalue weighted by molar-refractivity contribution is -0.138. The smallest absolute Gasteiger partial charge is 0.166 e. The van der Waals surface area contributed by atoms with Crippen LogP contribution in [0.2, 0.25) is 6.32 Å². The van der Waals surface area contributed by atoms with Crippen LogP contribution in [0.4, 0.5) is 13.2 Å². The van der Waals surface area contributed by atoms with Crippen LogP contribution in [0.1, 0.15) is 49.3 Å². The normalized spacial score (nSPS) is 11.8. The highest BCUT2D eigenvalue weighted by Gasteiger charge is 2.32. The summed E-state index contributed by atoms with van der Waals surface area (Å²) in [6.45, 7) is 4.33. The molecule has 0 spiro atoms. The fourth-order valence-corrected chi connectivity index (χ4v) is 2.79. The Morgan fingerprint density at radius 2 is 1.71 bits per heavy atom. The van der Waals surface area contributed by atoms with E-state index in [1.807, 2.05) is 0 Å². The van der Waals surface area contributed by atoms with Gasteiger partial charge in [-0.15, -0.1) is 0 Å². The van der Waals surface area contributed by atoms with Gasteiger partial charge in [-0.3, -0.25) is 0 Å². The summed E-state index contributed by atoms with van der Waals surface area (Å²) >= 11 is 0. The van der Waals surface area contributed by atoms with Crippen molar-refractivity contribution >= 4 is 12.7 Å². The van der Waals surface area contributed by atoms with E-state index in [0.717, 1.165) is 19.2 Å². The number of alkyl halides is 3. The zero-order chi connectivity index (χ0) is 17.6. The van der Waals surface area contributed by atoms with Gasteiger partial charge in [0.1, 0.15) is 0 Å². The molecule has 0 aliphatic rings. The molecule has 0 bridgehead atoms. The Morgan fingerprint density at radius 3 is 2.42 bits per heavy atom. The van der Waals surface area contributed by atoms with Crippen LogP contribution in [0, 0.1) is 0 Å². The van der Waals surface area contributed by atoms with Crippen molar-refractivity contribution in [2.75, 3.05) is 0 Å². The average Bonchev–Trinajstić information content (AvgIpc) is 2.54. The summed E-state index contributed by atoms with van der Waals surface area (Å²) in [4.78, 5) is 0. The predicted octanol–water partition coefficient (Wildman–Crippen LogP) is 5.60. The second-order valence-corrected chi connectivity index (χ2v) is 6.43. The SMILES string of the molecule is CC(C)c1cccc([B]CCCCc2ccccc2C(F)(F)F)c1. The van der Waals surface area contributed by atoms with Crippen molar-refractivity contribution in [2.24, 2.45) is 0 Å². The molecule has 0 saturated heterocycles. The molecule has 0 amide bonds. The molecule has 0 heterocycles. The fourth-order valence-electron chi connectivity index (χ4n) is 2.79. The predicted molar refractivity (Wildman–Crippen MR) is 95.1 cm³/mol. The number of halogens is 3.